The molecule has 0 spiro atoms. The number of nitrogens with two attached hydrogens (primary N) is 1. The highest BCUT2D eigenvalue weighted by Gasteiger charge is 2.29. The molecule has 0 bridgehead atoms. The number of nitrogens with zero attached hydrogens (tertiary/aromatic N) is 10. The number of nitrogen functional groups attached to an aromatic ring is 1. The van der Waals surface area contributed by atoms with Gasteiger partial charge in [-0.15, -0.1) is 0 Å². The fourth-order valence-electron chi connectivity index (χ4n) is 10.2. The van der Waals surface area contributed by atoms with Crippen LogP contribution in [0.1, 0.15) is 57.1 Å². The molecule has 6 aromatic rings. The van der Waals surface area contributed by atoms with Crippen molar-refractivity contribution in [3.63, 3.8) is 0 Å². The highest BCUT2D eigenvalue weighted by molar-refractivity contribution is 5.98. The molecule has 1 unspecified atom stereocenters. The van der Waals surface area contributed by atoms with Crippen molar-refractivity contribution < 1.29 is 43.3 Å². The number of aromatic nitrogens is 7. The largest absolute Gasteiger partial charge is 0.457 e. The van der Waals surface area contributed by atoms with Gasteiger partial charge in [-0.1, -0.05) is 31.2 Å². The number of hydrogen-bond acceptors (Lipinski definition) is 17. The van der Waals surface area contributed by atoms with Crippen LogP contribution in [-0.2, 0) is 35.0 Å². The Hall–Kier alpha value is -7.11. The van der Waals surface area contributed by atoms with E-state index in [4.69, 9.17) is 39.5 Å². The van der Waals surface area contributed by atoms with Gasteiger partial charge in [0.15, 0.2) is 11.3 Å². The summed E-state index contributed by atoms with van der Waals surface area (Å²) in [5.74, 6) is 3.49. The maximum Gasteiger partial charge on any atom is 0.341 e. The number of piperidine rings is 2. The predicted molar refractivity (Wildman–Crippen MR) is 302 cm³/mol. The first-order valence-corrected chi connectivity index (χ1v) is 27.8. The Morgan fingerprint density at radius 3 is 2.43 bits per heavy atom. The Balaban J connectivity index is 0.615. The fourth-order valence-corrected chi connectivity index (χ4v) is 10.2. The van der Waals surface area contributed by atoms with Gasteiger partial charge in [0.25, 0.3) is 0 Å². The van der Waals surface area contributed by atoms with Gasteiger partial charge in [0.05, 0.1) is 70.5 Å². The van der Waals surface area contributed by atoms with E-state index < -0.39 is 0 Å². The van der Waals surface area contributed by atoms with Gasteiger partial charge in [-0.2, -0.15) is 14.7 Å². The fraction of sp³-hybridized carbons (Fsp3) is 0.466. The number of likely N-dealkylation sites (tertiary alicyclic amines) is 1. The van der Waals surface area contributed by atoms with Crippen LogP contribution >= 0.6 is 0 Å². The molecule has 3 aliphatic heterocycles. The zero-order valence-electron chi connectivity index (χ0n) is 45.6. The number of para-hydroxylation sites is 1. The average Bonchev–Trinajstić information content (AvgIpc) is 4.31. The summed E-state index contributed by atoms with van der Waals surface area (Å²) in [4.78, 5) is 47.1. The second-order valence-corrected chi connectivity index (χ2v) is 20.0. The molecule has 420 valence electrons. The van der Waals surface area contributed by atoms with E-state index in [-0.39, 0.29) is 30.5 Å². The molecule has 5 N–H and O–H groups in total. The second kappa shape index (κ2) is 28.7. The van der Waals surface area contributed by atoms with Crippen molar-refractivity contribution in [2.45, 2.75) is 64.0 Å². The van der Waals surface area contributed by atoms with Gasteiger partial charge >= 0.3 is 5.91 Å². The van der Waals surface area contributed by atoms with Gasteiger partial charge in [-0.25, -0.2) is 29.3 Å². The SMILES string of the molecule is CCc1cnn2c(NCC3=C[NH+](CCOCCOCCOCCOCCN(C)C/C=C/C(=O)N4CCC[C@@H](n5nc(-c6ccc(Oc7ccccc7)cc6)c6c(N)ncnc65)C4)C(=O)C=C3)cc(N3CCCC[C@H]3CCO)nc12. The molecule has 3 atom stereocenters. The number of anilines is 3. The summed E-state index contributed by atoms with van der Waals surface area (Å²) in [5, 5.41) is 23.7. The van der Waals surface area contributed by atoms with E-state index in [2.05, 4.69) is 43.2 Å². The van der Waals surface area contributed by atoms with E-state index >= 15 is 0 Å². The first kappa shape index (κ1) is 56.6. The highest BCUT2D eigenvalue weighted by Crippen LogP contribution is 2.35. The van der Waals surface area contributed by atoms with Crippen molar-refractivity contribution >= 4 is 45.9 Å². The molecule has 9 rings (SSSR count). The quantitative estimate of drug-likeness (QED) is 0.0362. The number of rotatable bonds is 29. The Morgan fingerprint density at radius 1 is 0.899 bits per heavy atom. The number of carbonyl (C=O) groups is 2. The number of carbonyl (C=O) groups excluding carboxylic acids is 2. The summed E-state index contributed by atoms with van der Waals surface area (Å²) >= 11 is 0. The van der Waals surface area contributed by atoms with Crippen LogP contribution in [0.5, 0.6) is 11.5 Å². The molecule has 7 heterocycles. The minimum Gasteiger partial charge on any atom is -0.457 e. The molecular formula is C58H76N13O8+. The molecule has 0 radical (unpaired) electrons. The summed E-state index contributed by atoms with van der Waals surface area (Å²) in [6.07, 6.45) is 18.8. The van der Waals surface area contributed by atoms with Crippen molar-refractivity contribution in [3.05, 3.63) is 115 Å². The molecule has 21 heteroatoms. The lowest BCUT2D eigenvalue weighted by Crippen LogP contribution is -3.11. The molecule has 0 aliphatic carbocycles. The van der Waals surface area contributed by atoms with Gasteiger partial charge < -0.3 is 54.5 Å². The van der Waals surface area contributed by atoms with Gasteiger partial charge in [-0.05, 0) is 94.5 Å². The second-order valence-electron chi connectivity index (χ2n) is 20.0. The Morgan fingerprint density at radius 2 is 1.66 bits per heavy atom. The summed E-state index contributed by atoms with van der Waals surface area (Å²) < 4.78 is 32.8. The van der Waals surface area contributed by atoms with E-state index in [0.29, 0.717) is 125 Å². The Labute approximate surface area is 461 Å². The van der Waals surface area contributed by atoms with Crippen molar-refractivity contribution in [3.8, 4) is 22.8 Å². The summed E-state index contributed by atoms with van der Waals surface area (Å²) in [6, 6.07) is 19.6. The lowest BCUT2D eigenvalue weighted by Gasteiger charge is -2.36. The minimum atomic E-state index is -0.0802. The standard InChI is InChI=1S/C58H75N13O8/c1-3-44-39-63-71-50(37-51(64-57(44)71)69-25-8-7-11-46(69)22-28-72)60-38-43-16-21-53(74)68(40-43)27-30-76-32-34-78-36-35-77-33-31-75-29-26-66(2)23-10-15-52(73)67-24-9-12-47(41-67)70-58-54(56(59)61-42-62-58)55(65-70)45-17-19-49(20-18-45)79-48-13-5-4-6-14-48/h4-6,10,13-21,37,39-40,42,46-47,60,72H,3,7-9,11-12,22-36,38,41H2,1-2H3,(H2,59,61,62)/p+1/b15-10+/t46-,47+/m0/s1. The van der Waals surface area contributed by atoms with Crippen LogP contribution in [-0.4, -0.2) is 179 Å². The van der Waals surface area contributed by atoms with Crippen LogP contribution in [0, 0.1) is 0 Å². The number of ether oxygens (including phenoxy) is 5. The molecule has 2 aromatic carbocycles. The number of hydrogen-bond donors (Lipinski definition) is 4. The van der Waals surface area contributed by atoms with Gasteiger partial charge in [-0.3, -0.25) is 4.79 Å². The number of nitrogens with one attached hydrogen (secondary N) is 2. The van der Waals surface area contributed by atoms with E-state index in [1.165, 1.54) is 6.33 Å². The number of aliphatic hydroxyl groups is 1. The van der Waals surface area contributed by atoms with Gasteiger partial charge in [0, 0.05) is 86.8 Å². The molecule has 4 aromatic heterocycles. The number of fused-ring (bicyclic) bond motifs is 2. The van der Waals surface area contributed by atoms with E-state index in [1.807, 2.05) is 100 Å². The minimum absolute atomic E-state index is 0.0104. The monoisotopic (exact) mass is 1080 g/mol. The molecule has 2 amide bonds. The number of aliphatic hydroxyl groups excluding tert-OH is 1. The maximum absolute atomic E-state index is 13.4. The summed E-state index contributed by atoms with van der Waals surface area (Å²) in [7, 11) is 1.99. The number of quaternary nitrogens is 1. The topological polar surface area (TPSA) is 227 Å². The van der Waals surface area contributed by atoms with Gasteiger partial charge in [0.2, 0.25) is 5.91 Å². The van der Waals surface area contributed by atoms with E-state index in [0.717, 1.165) is 91.2 Å². The van der Waals surface area contributed by atoms with Gasteiger partial charge in [0.1, 0.15) is 53.7 Å². The molecule has 2 saturated heterocycles. The van der Waals surface area contributed by atoms with Crippen molar-refractivity contribution in [2.24, 2.45) is 0 Å². The molecule has 0 saturated carbocycles. The lowest BCUT2D eigenvalue weighted by atomic mass is 9.99. The number of likely N-dealkylation sites (N-methyl/N-ethyl adjacent to an activating group) is 1. The normalized spacial score (nSPS) is 17.9. The van der Waals surface area contributed by atoms with Crippen molar-refractivity contribution in [1.82, 2.24) is 44.1 Å². The Kier molecular flexibility index (Phi) is 20.5. The van der Waals surface area contributed by atoms with Crippen LogP contribution in [0.25, 0.3) is 27.9 Å². The van der Waals surface area contributed by atoms with E-state index in [1.54, 1.807) is 12.2 Å². The maximum atomic E-state index is 13.4. The smallest absolute Gasteiger partial charge is 0.341 e. The zero-order valence-corrected chi connectivity index (χ0v) is 45.6. The number of amides is 2. The first-order chi connectivity index (χ1) is 38.8. The summed E-state index contributed by atoms with van der Waals surface area (Å²) in [5.41, 5.74) is 11.5. The third kappa shape index (κ3) is 15.2. The van der Waals surface area contributed by atoms with E-state index in [9.17, 15) is 14.7 Å². The van der Waals surface area contributed by atoms with Crippen LogP contribution in [0.2, 0.25) is 0 Å². The number of aryl methyl sites for hydroxylation is 1. The molecule has 79 heavy (non-hydrogen) atoms. The predicted octanol–water partition coefficient (Wildman–Crippen LogP) is 4.91. The molecule has 21 nitrogen and oxygen atoms in total. The van der Waals surface area contributed by atoms with Crippen LogP contribution in [0.3, 0.4) is 0 Å². The van der Waals surface area contributed by atoms with Crippen molar-refractivity contribution in [1.29, 1.82) is 0 Å². The lowest BCUT2D eigenvalue weighted by molar-refractivity contribution is -0.762. The third-order valence-corrected chi connectivity index (χ3v) is 14.5. The molecule has 3 aliphatic rings. The molecule has 2 fully saturated rings. The van der Waals surface area contributed by atoms with Crippen LogP contribution in [0.4, 0.5) is 17.5 Å². The van der Waals surface area contributed by atoms with Crippen LogP contribution < -0.4 is 25.6 Å². The summed E-state index contributed by atoms with van der Waals surface area (Å²) in [6.45, 7) is 10.2. The Bertz CT molecular complexity index is 3020. The third-order valence-electron chi connectivity index (χ3n) is 14.5. The van der Waals surface area contributed by atoms with Crippen molar-refractivity contribution in [2.75, 3.05) is 128 Å². The van der Waals surface area contributed by atoms with Crippen LogP contribution in [0.15, 0.2) is 109 Å². The first-order valence-electron chi connectivity index (χ1n) is 27.8. The average molecular weight is 1080 g/mol. The number of benzene rings is 2. The zero-order chi connectivity index (χ0) is 54.8. The highest BCUT2D eigenvalue weighted by atomic mass is 16.6. The molecular weight excluding hydrogens is 1010 g/mol.